The van der Waals surface area contributed by atoms with Crippen molar-refractivity contribution < 1.29 is 0 Å². The molecule has 13 aromatic rings. The fraction of sp³-hybridized carbons (Fsp3) is 0.0149. The number of hydrogen-bond donors (Lipinski definition) is 0. The Bertz CT molecular complexity index is 4150. The van der Waals surface area contributed by atoms with Crippen LogP contribution in [0.5, 0.6) is 0 Å². The van der Waals surface area contributed by atoms with Crippen LogP contribution < -0.4 is 4.90 Å². The number of benzene rings is 11. The Labute approximate surface area is 406 Å². The second-order valence-electron chi connectivity index (χ2n) is 18.7. The number of anilines is 3. The van der Waals surface area contributed by atoms with Crippen molar-refractivity contribution in [2.45, 2.75) is 5.41 Å². The molecule has 15 rings (SSSR count). The van der Waals surface area contributed by atoms with Gasteiger partial charge in [0.15, 0.2) is 0 Å². The zero-order valence-electron chi connectivity index (χ0n) is 38.2. The molecule has 3 heterocycles. The average molecular weight is 890 g/mol. The van der Waals surface area contributed by atoms with Crippen LogP contribution in [0.3, 0.4) is 0 Å². The van der Waals surface area contributed by atoms with Crippen molar-refractivity contribution in [1.29, 1.82) is 0 Å². The van der Waals surface area contributed by atoms with Crippen LogP contribution in [0.2, 0.25) is 0 Å². The molecular weight excluding hydrogens is 847 g/mol. The largest absolute Gasteiger partial charge is 0.310 e. The van der Waals surface area contributed by atoms with Crippen LogP contribution in [0.25, 0.3) is 88.4 Å². The molecule has 0 amide bonds. The minimum Gasteiger partial charge on any atom is -0.310 e. The Morgan fingerprint density at radius 2 is 0.786 bits per heavy atom. The van der Waals surface area contributed by atoms with Crippen LogP contribution in [0.1, 0.15) is 22.3 Å². The van der Waals surface area contributed by atoms with Gasteiger partial charge in [-0.3, -0.25) is 0 Å². The van der Waals surface area contributed by atoms with Gasteiger partial charge in [-0.1, -0.05) is 194 Å². The average Bonchev–Trinajstić information content (AvgIpc) is 4.06. The summed E-state index contributed by atoms with van der Waals surface area (Å²) in [6.45, 7) is 0. The smallest absolute Gasteiger partial charge is 0.0755 e. The standard InChI is InChI=1S/C67H43N3/c1-2-19-44(20-3-1)48-21-4-5-22-49(48)52-25-8-14-33-61(52)68(45-37-39-46(40-38-45)69-62-34-15-9-26-53(62)54-27-10-16-35-63(54)69)47-41-42-65-60(43-47)67(57-30-12-6-23-50(57)51-24-7-13-31-58(51)67)59-32-18-29-56-55-28-11-17-36-64(55)70(65)66(56)59/h1-43H. The maximum absolute atomic E-state index is 2.54. The van der Waals surface area contributed by atoms with E-state index < -0.39 is 5.41 Å². The first-order chi connectivity index (χ1) is 34.8. The normalized spacial score (nSPS) is 13.0. The minimum absolute atomic E-state index is 0.589. The number of aromatic nitrogens is 2. The van der Waals surface area contributed by atoms with Crippen molar-refractivity contribution in [3.8, 4) is 44.8 Å². The van der Waals surface area contributed by atoms with Gasteiger partial charge in [-0.05, 0) is 117 Å². The molecule has 0 radical (unpaired) electrons. The lowest BCUT2D eigenvalue weighted by atomic mass is 9.65. The van der Waals surface area contributed by atoms with Gasteiger partial charge in [0.05, 0.1) is 38.9 Å². The molecular formula is C67H43N3. The maximum Gasteiger partial charge on any atom is 0.0755 e. The predicted octanol–water partition coefficient (Wildman–Crippen LogP) is 17.4. The second-order valence-corrected chi connectivity index (χ2v) is 18.7. The second kappa shape index (κ2) is 14.9. The Kier molecular flexibility index (Phi) is 8.28. The van der Waals surface area contributed by atoms with E-state index in [-0.39, 0.29) is 0 Å². The molecule has 0 saturated heterocycles. The molecule has 0 atom stereocenters. The molecule has 3 heteroatoms. The Morgan fingerprint density at radius 3 is 1.46 bits per heavy atom. The first kappa shape index (κ1) is 38.9. The lowest BCUT2D eigenvalue weighted by Crippen LogP contribution is -2.33. The van der Waals surface area contributed by atoms with Crippen molar-refractivity contribution >= 4 is 60.7 Å². The summed E-state index contributed by atoms with van der Waals surface area (Å²) in [4.78, 5) is 2.50. The molecule has 1 aliphatic heterocycles. The topological polar surface area (TPSA) is 13.1 Å². The van der Waals surface area contributed by atoms with E-state index in [1.807, 2.05) is 0 Å². The van der Waals surface area contributed by atoms with Gasteiger partial charge in [-0.2, -0.15) is 0 Å². The van der Waals surface area contributed by atoms with E-state index in [0.717, 1.165) is 28.3 Å². The van der Waals surface area contributed by atoms with Gasteiger partial charge in [0.1, 0.15) is 0 Å². The SMILES string of the molecule is c1ccc(-c2ccccc2-c2ccccc2N(c2ccc(-n3c4ccccc4c4ccccc43)cc2)c2ccc3c(c2)C2(c4ccccc4-c4ccccc42)c2cccc4c5ccccc5n-3c24)cc1. The van der Waals surface area contributed by atoms with Gasteiger partial charge in [0, 0.05) is 44.2 Å². The predicted molar refractivity (Wildman–Crippen MR) is 292 cm³/mol. The van der Waals surface area contributed by atoms with E-state index in [9.17, 15) is 0 Å². The summed E-state index contributed by atoms with van der Waals surface area (Å²) in [6, 6.07) is 96.7. The molecule has 0 unspecified atom stereocenters. The Morgan fingerprint density at radius 1 is 0.300 bits per heavy atom. The van der Waals surface area contributed by atoms with E-state index in [0.29, 0.717) is 0 Å². The zero-order valence-corrected chi connectivity index (χ0v) is 38.2. The third-order valence-corrected chi connectivity index (χ3v) is 15.3. The van der Waals surface area contributed by atoms with Crippen LogP contribution in [0.15, 0.2) is 261 Å². The van der Waals surface area contributed by atoms with Gasteiger partial charge in [-0.25, -0.2) is 0 Å². The highest BCUT2D eigenvalue weighted by Gasteiger charge is 2.51. The first-order valence-electron chi connectivity index (χ1n) is 24.3. The first-order valence-corrected chi connectivity index (χ1v) is 24.3. The summed E-state index contributed by atoms with van der Waals surface area (Å²) in [6.07, 6.45) is 0. The molecule has 0 fully saturated rings. The molecule has 11 aromatic carbocycles. The molecule has 0 saturated carbocycles. The summed E-state index contributed by atoms with van der Waals surface area (Å²) in [5, 5.41) is 5.05. The van der Waals surface area contributed by atoms with Crippen molar-refractivity contribution in [3.63, 3.8) is 0 Å². The minimum atomic E-state index is -0.589. The van der Waals surface area contributed by atoms with Crippen LogP contribution >= 0.6 is 0 Å². The van der Waals surface area contributed by atoms with E-state index in [1.54, 1.807) is 0 Å². The van der Waals surface area contributed by atoms with Crippen molar-refractivity contribution in [3.05, 3.63) is 283 Å². The fourth-order valence-electron chi connectivity index (χ4n) is 12.6. The van der Waals surface area contributed by atoms with Gasteiger partial charge < -0.3 is 14.0 Å². The lowest BCUT2D eigenvalue weighted by Gasteiger charge is -2.40. The van der Waals surface area contributed by atoms with Crippen LogP contribution in [-0.2, 0) is 5.41 Å². The number of rotatable bonds is 6. The molecule has 0 bridgehead atoms. The number of nitrogens with zero attached hydrogens (tertiary/aromatic N) is 3. The molecule has 70 heavy (non-hydrogen) atoms. The molecule has 326 valence electrons. The molecule has 2 aromatic heterocycles. The Balaban J connectivity index is 1.02. The maximum atomic E-state index is 2.54. The summed E-state index contributed by atoms with van der Waals surface area (Å²) in [5.41, 5.74) is 22.4. The summed E-state index contributed by atoms with van der Waals surface area (Å²) < 4.78 is 4.95. The molecule has 1 spiro atoms. The highest BCUT2D eigenvalue weighted by molar-refractivity contribution is 6.13. The Hall–Kier alpha value is -9.18. The van der Waals surface area contributed by atoms with Crippen molar-refractivity contribution in [2.75, 3.05) is 4.90 Å². The third-order valence-electron chi connectivity index (χ3n) is 15.3. The zero-order chi connectivity index (χ0) is 45.9. The van der Waals surface area contributed by atoms with Gasteiger partial charge in [0.2, 0.25) is 0 Å². The quantitative estimate of drug-likeness (QED) is 0.162. The van der Waals surface area contributed by atoms with Gasteiger partial charge in [-0.15, -0.1) is 0 Å². The van der Waals surface area contributed by atoms with E-state index in [1.165, 1.54) is 99.4 Å². The molecule has 1 aliphatic carbocycles. The number of hydrogen-bond acceptors (Lipinski definition) is 1. The lowest BCUT2D eigenvalue weighted by molar-refractivity contribution is 0.748. The van der Waals surface area contributed by atoms with Crippen molar-refractivity contribution in [1.82, 2.24) is 9.13 Å². The van der Waals surface area contributed by atoms with Crippen LogP contribution in [-0.4, -0.2) is 9.13 Å². The highest BCUT2D eigenvalue weighted by atomic mass is 15.1. The van der Waals surface area contributed by atoms with Gasteiger partial charge in [0.25, 0.3) is 0 Å². The number of fused-ring (bicyclic) bond motifs is 15. The summed E-state index contributed by atoms with van der Waals surface area (Å²) in [5.74, 6) is 0. The highest BCUT2D eigenvalue weighted by Crippen LogP contribution is 2.62. The molecule has 3 nitrogen and oxygen atoms in total. The van der Waals surface area contributed by atoms with Crippen molar-refractivity contribution in [2.24, 2.45) is 0 Å². The van der Waals surface area contributed by atoms with Crippen LogP contribution in [0.4, 0.5) is 17.1 Å². The molecule has 0 N–H and O–H groups in total. The van der Waals surface area contributed by atoms with E-state index in [2.05, 4.69) is 275 Å². The monoisotopic (exact) mass is 889 g/mol. The third kappa shape index (κ3) is 5.29. The van der Waals surface area contributed by atoms with E-state index in [4.69, 9.17) is 0 Å². The van der Waals surface area contributed by atoms with E-state index >= 15 is 0 Å². The molecule has 2 aliphatic rings. The number of para-hydroxylation sites is 5. The summed E-state index contributed by atoms with van der Waals surface area (Å²) >= 11 is 0. The fourth-order valence-corrected chi connectivity index (χ4v) is 12.6. The summed E-state index contributed by atoms with van der Waals surface area (Å²) in [7, 11) is 0. The van der Waals surface area contributed by atoms with Gasteiger partial charge >= 0.3 is 0 Å². The van der Waals surface area contributed by atoms with Crippen LogP contribution in [0, 0.1) is 0 Å².